The minimum atomic E-state index is -0.595. The van der Waals surface area contributed by atoms with Crippen LogP contribution in [-0.4, -0.2) is 20.9 Å². The lowest BCUT2D eigenvalue weighted by Gasteiger charge is -2.09. The second-order valence-corrected chi connectivity index (χ2v) is 8.96. The predicted molar refractivity (Wildman–Crippen MR) is 146 cm³/mol. The minimum Gasteiger partial charge on any atom is -0.442 e. The largest absolute Gasteiger partial charge is 0.442 e. The maximum Gasteiger partial charge on any atom is 0.270 e. The van der Waals surface area contributed by atoms with Gasteiger partial charge >= 0.3 is 0 Å². The summed E-state index contributed by atoms with van der Waals surface area (Å²) in [5, 5.41) is 0. The molecule has 1 amide bonds. The Morgan fingerprint density at radius 2 is 1.18 bits per heavy atom. The van der Waals surface area contributed by atoms with Crippen LogP contribution in [-0.2, 0) is 22.7 Å². The molecular weight excluding hydrogens is 504 g/mol. The molecule has 10 heteroatoms. The molecule has 0 saturated heterocycles. The average Bonchev–Trinajstić information content (AvgIpc) is 3.50. The van der Waals surface area contributed by atoms with E-state index in [0.717, 1.165) is 11.1 Å². The number of oxazole rings is 2. The highest BCUT2D eigenvalue weighted by molar-refractivity contribution is 7.80. The van der Waals surface area contributed by atoms with Crippen LogP contribution in [0.4, 0.5) is 0 Å². The molecule has 38 heavy (non-hydrogen) atoms. The van der Waals surface area contributed by atoms with Gasteiger partial charge in [-0.3, -0.25) is 4.79 Å². The van der Waals surface area contributed by atoms with Gasteiger partial charge in [-0.25, -0.2) is 9.97 Å². The number of carbonyl (C=O) groups is 1. The molecule has 4 N–H and O–H groups in total. The van der Waals surface area contributed by atoms with Gasteiger partial charge < -0.3 is 29.8 Å². The summed E-state index contributed by atoms with van der Waals surface area (Å²) in [6.45, 7) is 8.10. The highest BCUT2D eigenvalue weighted by atomic mass is 32.1. The molecule has 2 heterocycles. The van der Waals surface area contributed by atoms with Gasteiger partial charge in [0.15, 0.2) is 5.69 Å². The Bertz CT molecular complexity index is 1230. The maximum absolute atomic E-state index is 11.1. The molecule has 0 saturated carbocycles. The molecular formula is C28H32N4O5S. The van der Waals surface area contributed by atoms with Crippen molar-refractivity contribution in [1.82, 2.24) is 9.97 Å². The van der Waals surface area contributed by atoms with Gasteiger partial charge in [-0.05, 0) is 38.8 Å². The van der Waals surface area contributed by atoms with E-state index in [9.17, 15) is 4.79 Å². The molecule has 2 aromatic heterocycles. The van der Waals surface area contributed by atoms with Crippen molar-refractivity contribution in [2.45, 2.75) is 53.1 Å². The average molecular weight is 537 g/mol. The summed E-state index contributed by atoms with van der Waals surface area (Å²) in [5.74, 6) is 1.30. The van der Waals surface area contributed by atoms with E-state index in [1.165, 1.54) is 0 Å². The lowest BCUT2D eigenvalue weighted by atomic mass is 10.2. The number of nitrogens with two attached hydrogens (primary N) is 2. The van der Waals surface area contributed by atoms with Gasteiger partial charge in [0.2, 0.25) is 11.8 Å². The van der Waals surface area contributed by atoms with Crippen LogP contribution in [0.5, 0.6) is 0 Å². The zero-order chi connectivity index (χ0) is 27.7. The first-order valence-electron chi connectivity index (χ1n) is 12.0. The fourth-order valence-corrected chi connectivity index (χ4v) is 3.56. The molecule has 0 aliphatic heterocycles. The molecule has 0 bridgehead atoms. The molecule has 2 atom stereocenters. The SMILES string of the molecule is Cc1oc(C(C)OCc2ccccc2)nc1C(N)=O.Cc1oc(C(C)OCc2ccccc2)nc1C(N)=S. The second-order valence-electron chi connectivity index (χ2n) is 8.52. The number of hydrogen-bond acceptors (Lipinski definition) is 8. The van der Waals surface area contributed by atoms with Gasteiger partial charge in [-0.2, -0.15) is 0 Å². The first-order valence-corrected chi connectivity index (χ1v) is 12.4. The number of aryl methyl sites for hydroxylation is 2. The van der Waals surface area contributed by atoms with Crippen molar-refractivity contribution in [2.24, 2.45) is 11.5 Å². The van der Waals surface area contributed by atoms with E-state index in [-0.39, 0.29) is 22.9 Å². The Kier molecular flexibility index (Phi) is 10.3. The fraction of sp³-hybridized carbons (Fsp3) is 0.286. The van der Waals surface area contributed by atoms with Crippen LogP contribution < -0.4 is 11.5 Å². The Morgan fingerprint density at radius 1 is 0.789 bits per heavy atom. The first kappa shape index (κ1) is 28.7. The molecule has 0 fully saturated rings. The number of nitrogens with zero attached hydrogens (tertiary/aromatic N) is 2. The van der Waals surface area contributed by atoms with Crippen LogP contribution >= 0.6 is 12.2 Å². The van der Waals surface area contributed by atoms with E-state index in [1.54, 1.807) is 13.8 Å². The van der Waals surface area contributed by atoms with E-state index in [2.05, 4.69) is 9.97 Å². The van der Waals surface area contributed by atoms with Gasteiger partial charge in [0.05, 0.1) is 13.2 Å². The zero-order valence-corrected chi connectivity index (χ0v) is 22.7. The highest BCUT2D eigenvalue weighted by Crippen LogP contribution is 2.22. The summed E-state index contributed by atoms with van der Waals surface area (Å²) in [6.07, 6.45) is -0.589. The molecule has 4 aromatic rings. The Labute approximate surface area is 227 Å². The van der Waals surface area contributed by atoms with Crippen LogP contribution in [0.15, 0.2) is 69.5 Å². The standard InChI is InChI=1S/C14H16N2O3.C14H16N2O2S/c1-9-12(13(15)17)16-14(19-9)10(2)18-8-11-6-4-3-5-7-11;1-9-12(13(15)19)16-14(18-9)10(2)17-8-11-6-4-3-5-7-11/h3-7,10H,8H2,1-2H3,(H2,15,17);3-7,10H,8H2,1-2H3,(H2,15,19). The molecule has 0 spiro atoms. The van der Waals surface area contributed by atoms with Gasteiger partial charge in [-0.15, -0.1) is 0 Å². The van der Waals surface area contributed by atoms with E-state index in [1.807, 2.05) is 74.5 Å². The zero-order valence-electron chi connectivity index (χ0n) is 21.8. The molecule has 0 aliphatic carbocycles. The van der Waals surface area contributed by atoms with Gasteiger partial charge in [-0.1, -0.05) is 72.9 Å². The van der Waals surface area contributed by atoms with Crippen molar-refractivity contribution in [2.75, 3.05) is 0 Å². The lowest BCUT2D eigenvalue weighted by Crippen LogP contribution is -2.13. The molecule has 4 rings (SSSR count). The van der Waals surface area contributed by atoms with Crippen LogP contribution in [0.25, 0.3) is 0 Å². The molecule has 0 aliphatic rings. The number of amides is 1. The summed E-state index contributed by atoms with van der Waals surface area (Å²) in [7, 11) is 0. The van der Waals surface area contributed by atoms with Gasteiger partial charge in [0.25, 0.3) is 5.91 Å². The Hall–Kier alpha value is -3.86. The van der Waals surface area contributed by atoms with E-state index >= 15 is 0 Å². The number of rotatable bonds is 10. The van der Waals surface area contributed by atoms with Crippen LogP contribution in [0.1, 0.15) is 76.7 Å². The molecule has 9 nitrogen and oxygen atoms in total. The van der Waals surface area contributed by atoms with Gasteiger partial charge in [0.1, 0.15) is 34.4 Å². The maximum atomic E-state index is 11.1. The first-order chi connectivity index (χ1) is 18.2. The number of hydrogen-bond donors (Lipinski definition) is 2. The Morgan fingerprint density at radius 3 is 1.53 bits per heavy atom. The van der Waals surface area contributed by atoms with Crippen LogP contribution in [0.2, 0.25) is 0 Å². The predicted octanol–water partition coefficient (Wildman–Crippen LogP) is 5.25. The minimum absolute atomic E-state index is 0.158. The summed E-state index contributed by atoms with van der Waals surface area (Å²) in [4.78, 5) is 19.7. The van der Waals surface area contributed by atoms with Crippen molar-refractivity contribution in [3.8, 4) is 0 Å². The molecule has 2 aromatic carbocycles. The number of ether oxygens (including phenoxy) is 2. The normalized spacial score (nSPS) is 12.3. The summed E-state index contributed by atoms with van der Waals surface area (Å²) in [5.41, 5.74) is 13.6. The molecule has 200 valence electrons. The fourth-order valence-electron chi connectivity index (χ4n) is 3.37. The summed E-state index contributed by atoms with van der Waals surface area (Å²) in [6, 6.07) is 19.7. The third-order valence-corrected chi connectivity index (χ3v) is 5.67. The number of carbonyl (C=O) groups excluding carboxylic acids is 1. The summed E-state index contributed by atoms with van der Waals surface area (Å²) < 4.78 is 22.3. The van der Waals surface area contributed by atoms with Gasteiger partial charge in [0, 0.05) is 0 Å². The number of thiocarbonyl (C=S) groups is 1. The smallest absolute Gasteiger partial charge is 0.270 e. The van der Waals surface area contributed by atoms with E-state index < -0.39 is 5.91 Å². The monoisotopic (exact) mass is 536 g/mol. The quantitative estimate of drug-likeness (QED) is 0.260. The van der Waals surface area contributed by atoms with Crippen molar-refractivity contribution in [3.05, 3.63) is 106 Å². The number of benzene rings is 2. The lowest BCUT2D eigenvalue weighted by molar-refractivity contribution is 0.0340. The van der Waals surface area contributed by atoms with Crippen molar-refractivity contribution >= 4 is 23.1 Å². The summed E-state index contributed by atoms with van der Waals surface area (Å²) >= 11 is 4.91. The van der Waals surface area contributed by atoms with Crippen molar-refractivity contribution in [3.63, 3.8) is 0 Å². The number of aromatic nitrogens is 2. The second kappa shape index (κ2) is 13.6. The van der Waals surface area contributed by atoms with Crippen molar-refractivity contribution in [1.29, 1.82) is 0 Å². The van der Waals surface area contributed by atoms with E-state index in [0.29, 0.717) is 42.2 Å². The third kappa shape index (κ3) is 8.07. The van der Waals surface area contributed by atoms with Crippen LogP contribution in [0.3, 0.4) is 0 Å². The van der Waals surface area contributed by atoms with E-state index in [4.69, 9.17) is 42.0 Å². The Balaban J connectivity index is 0.000000211. The number of primary amides is 1. The molecule has 2 unspecified atom stereocenters. The topological polar surface area (TPSA) is 140 Å². The highest BCUT2D eigenvalue weighted by Gasteiger charge is 2.19. The third-order valence-electron chi connectivity index (χ3n) is 5.47. The van der Waals surface area contributed by atoms with Crippen LogP contribution in [0, 0.1) is 13.8 Å². The molecule has 0 radical (unpaired) electrons. The van der Waals surface area contributed by atoms with Crippen molar-refractivity contribution < 1.29 is 23.1 Å².